The summed E-state index contributed by atoms with van der Waals surface area (Å²) in [7, 11) is 0. The molecule has 0 saturated carbocycles. The van der Waals surface area contributed by atoms with E-state index in [9.17, 15) is 0 Å². The summed E-state index contributed by atoms with van der Waals surface area (Å²) >= 11 is 1.87. The molecule has 0 spiro atoms. The average Bonchev–Trinajstić information content (AvgIpc) is 3.84. The van der Waals surface area contributed by atoms with Gasteiger partial charge in [0, 0.05) is 48.6 Å². The van der Waals surface area contributed by atoms with E-state index >= 15 is 0 Å². The Morgan fingerprint density at radius 3 is 2.06 bits per heavy atom. The van der Waals surface area contributed by atoms with Crippen LogP contribution >= 0.6 is 11.3 Å². The second kappa shape index (κ2) is 10.9. The average molecular weight is 684 g/mol. The van der Waals surface area contributed by atoms with E-state index < -0.39 is 0 Å². The van der Waals surface area contributed by atoms with Crippen LogP contribution in [-0.4, -0.2) is 0 Å². The SMILES string of the molecule is CC1(C)c2ccc(N(c3ccccc3)c3cccc4c3sc3ccccc34)cc2-c2c1c1ccccc1c1c2oc2cccc(-c3ccccc3)c21. The molecule has 2 heterocycles. The maximum Gasteiger partial charge on any atom is 0.144 e. The predicted molar refractivity (Wildman–Crippen MR) is 222 cm³/mol. The second-order valence-corrected chi connectivity index (χ2v) is 15.5. The topological polar surface area (TPSA) is 16.4 Å². The zero-order chi connectivity index (χ0) is 34.6. The molecule has 0 atom stereocenters. The van der Waals surface area contributed by atoms with E-state index in [2.05, 4.69) is 183 Å². The molecule has 0 unspecified atom stereocenters. The van der Waals surface area contributed by atoms with Gasteiger partial charge in [-0.3, -0.25) is 0 Å². The normalized spacial score (nSPS) is 13.3. The van der Waals surface area contributed by atoms with Crippen LogP contribution in [0.15, 0.2) is 168 Å². The molecular weight excluding hydrogens is 651 g/mol. The van der Waals surface area contributed by atoms with Crippen LogP contribution in [0.1, 0.15) is 25.0 Å². The van der Waals surface area contributed by atoms with Gasteiger partial charge in [-0.2, -0.15) is 0 Å². The molecule has 1 aliphatic rings. The summed E-state index contributed by atoms with van der Waals surface area (Å²) in [6.07, 6.45) is 0. The van der Waals surface area contributed by atoms with Crippen LogP contribution in [-0.2, 0) is 5.41 Å². The van der Waals surface area contributed by atoms with Crippen LogP contribution in [0.2, 0.25) is 0 Å². The maximum atomic E-state index is 7.06. The van der Waals surface area contributed by atoms with Gasteiger partial charge in [-0.1, -0.05) is 135 Å². The van der Waals surface area contributed by atoms with Crippen LogP contribution in [0.4, 0.5) is 17.1 Å². The number of para-hydroxylation sites is 1. The van der Waals surface area contributed by atoms with Crippen LogP contribution in [0.5, 0.6) is 0 Å². The highest BCUT2D eigenvalue weighted by Crippen LogP contribution is 2.58. The summed E-state index contributed by atoms with van der Waals surface area (Å²) in [5, 5.41) is 7.47. The Labute approximate surface area is 305 Å². The number of hydrogen-bond donors (Lipinski definition) is 0. The summed E-state index contributed by atoms with van der Waals surface area (Å²) in [4.78, 5) is 2.44. The number of rotatable bonds is 4. The van der Waals surface area contributed by atoms with E-state index in [0.29, 0.717) is 0 Å². The standard InChI is InChI=1S/C49H33NOS/c1-49(2)39-28-27-32(50(31-17-7-4-8-18-31)40-24-13-23-37-34-19-11-12-26-42(34)52-48(37)40)29-38(39)45-46(49)36-21-10-9-20-35(36)44-43-33(30-15-5-3-6-16-30)22-14-25-41(43)51-47(44)45/h3-29H,1-2H3. The summed E-state index contributed by atoms with van der Waals surface area (Å²) < 4.78 is 9.65. The molecule has 0 fully saturated rings. The van der Waals surface area contributed by atoms with Gasteiger partial charge in [-0.25, -0.2) is 0 Å². The van der Waals surface area contributed by atoms with Crippen LogP contribution in [0, 0.1) is 0 Å². The van der Waals surface area contributed by atoms with Crippen molar-refractivity contribution in [1.29, 1.82) is 0 Å². The summed E-state index contributed by atoms with van der Waals surface area (Å²) in [6, 6.07) is 59.5. The van der Waals surface area contributed by atoms with E-state index in [4.69, 9.17) is 4.42 Å². The molecule has 0 bridgehead atoms. The molecule has 2 nitrogen and oxygen atoms in total. The van der Waals surface area contributed by atoms with Gasteiger partial charge in [0.25, 0.3) is 0 Å². The van der Waals surface area contributed by atoms with Crippen molar-refractivity contribution in [3.63, 3.8) is 0 Å². The van der Waals surface area contributed by atoms with Crippen LogP contribution < -0.4 is 4.90 Å². The highest BCUT2D eigenvalue weighted by atomic mass is 32.1. The smallest absolute Gasteiger partial charge is 0.144 e. The Morgan fingerprint density at radius 1 is 0.538 bits per heavy atom. The Hall–Kier alpha value is -6.16. The van der Waals surface area contributed by atoms with Crippen molar-refractivity contribution in [2.45, 2.75) is 19.3 Å². The first-order valence-corrected chi connectivity index (χ1v) is 18.8. The molecule has 11 rings (SSSR count). The number of benzene rings is 8. The summed E-state index contributed by atoms with van der Waals surface area (Å²) in [5.41, 5.74) is 12.6. The zero-order valence-corrected chi connectivity index (χ0v) is 29.7. The number of furan rings is 1. The molecule has 52 heavy (non-hydrogen) atoms. The van der Waals surface area contributed by atoms with E-state index in [1.54, 1.807) is 0 Å². The first-order chi connectivity index (χ1) is 25.6. The molecule has 0 radical (unpaired) electrons. The monoisotopic (exact) mass is 683 g/mol. The number of hydrogen-bond acceptors (Lipinski definition) is 3. The Bertz CT molecular complexity index is 3040. The van der Waals surface area contributed by atoms with E-state index in [1.807, 2.05) is 11.3 Å². The van der Waals surface area contributed by atoms with Gasteiger partial charge in [-0.15, -0.1) is 11.3 Å². The van der Waals surface area contributed by atoms with Gasteiger partial charge >= 0.3 is 0 Å². The number of fused-ring (bicyclic) bond motifs is 13. The lowest BCUT2D eigenvalue weighted by Crippen LogP contribution is -2.16. The fourth-order valence-electron chi connectivity index (χ4n) is 8.98. The second-order valence-electron chi connectivity index (χ2n) is 14.4. The number of nitrogens with zero attached hydrogens (tertiary/aromatic N) is 1. The van der Waals surface area contributed by atoms with Crippen LogP contribution in [0.3, 0.4) is 0 Å². The lowest BCUT2D eigenvalue weighted by Gasteiger charge is -2.27. The zero-order valence-electron chi connectivity index (χ0n) is 28.9. The molecule has 2 aromatic heterocycles. The third-order valence-electron chi connectivity index (χ3n) is 11.2. The summed E-state index contributed by atoms with van der Waals surface area (Å²) in [6.45, 7) is 4.75. The van der Waals surface area contributed by atoms with Gasteiger partial charge in [0.15, 0.2) is 0 Å². The Balaban J connectivity index is 1.23. The number of anilines is 3. The third-order valence-corrected chi connectivity index (χ3v) is 12.4. The van der Waals surface area contributed by atoms with Gasteiger partial charge in [0.2, 0.25) is 0 Å². The lowest BCUT2D eigenvalue weighted by molar-refractivity contribution is 0.658. The van der Waals surface area contributed by atoms with E-state index in [0.717, 1.165) is 22.5 Å². The number of thiophene rings is 1. The maximum absolute atomic E-state index is 7.06. The molecule has 0 N–H and O–H groups in total. The van der Waals surface area contributed by atoms with Crippen molar-refractivity contribution < 1.29 is 4.42 Å². The van der Waals surface area contributed by atoms with Crippen molar-refractivity contribution in [2.24, 2.45) is 0 Å². The third kappa shape index (κ3) is 4.06. The fraction of sp³-hybridized carbons (Fsp3) is 0.0612. The van der Waals surface area contributed by atoms with Crippen molar-refractivity contribution in [3.8, 4) is 22.3 Å². The highest BCUT2D eigenvalue weighted by Gasteiger charge is 2.40. The minimum atomic E-state index is -0.235. The Kier molecular flexibility index (Phi) is 6.21. The molecule has 0 saturated heterocycles. The van der Waals surface area contributed by atoms with Crippen LogP contribution in [0.25, 0.3) is 75.1 Å². The first kappa shape index (κ1) is 29.6. The van der Waals surface area contributed by atoms with Crippen molar-refractivity contribution in [2.75, 3.05) is 4.90 Å². The van der Waals surface area contributed by atoms with Crippen molar-refractivity contribution in [1.82, 2.24) is 0 Å². The molecule has 1 aliphatic carbocycles. The predicted octanol–water partition coefficient (Wildman–Crippen LogP) is 14.6. The molecule has 0 aliphatic heterocycles. The van der Waals surface area contributed by atoms with Gasteiger partial charge in [0.05, 0.1) is 10.4 Å². The molecule has 0 amide bonds. The minimum Gasteiger partial charge on any atom is -0.455 e. The molecular formula is C49H33NOS. The van der Waals surface area contributed by atoms with Crippen molar-refractivity contribution in [3.05, 3.63) is 175 Å². The lowest BCUT2D eigenvalue weighted by atomic mass is 9.79. The molecule has 8 aromatic carbocycles. The largest absolute Gasteiger partial charge is 0.455 e. The molecule has 10 aromatic rings. The summed E-state index contributed by atoms with van der Waals surface area (Å²) in [5.74, 6) is 0. The van der Waals surface area contributed by atoms with Gasteiger partial charge in [-0.05, 0) is 81.1 Å². The quantitative estimate of drug-likeness (QED) is 0.184. The molecule has 3 heteroatoms. The molecule has 246 valence electrons. The minimum absolute atomic E-state index is 0.235. The Morgan fingerprint density at radius 2 is 1.23 bits per heavy atom. The van der Waals surface area contributed by atoms with E-state index in [-0.39, 0.29) is 5.41 Å². The van der Waals surface area contributed by atoms with Gasteiger partial charge < -0.3 is 9.32 Å². The highest BCUT2D eigenvalue weighted by molar-refractivity contribution is 7.26. The van der Waals surface area contributed by atoms with Gasteiger partial charge in [0.1, 0.15) is 11.2 Å². The first-order valence-electron chi connectivity index (χ1n) is 17.9. The van der Waals surface area contributed by atoms with Crippen molar-refractivity contribution >= 4 is 81.3 Å². The van der Waals surface area contributed by atoms with E-state index in [1.165, 1.54) is 80.8 Å². The fourth-order valence-corrected chi connectivity index (χ4v) is 10.2.